The maximum atomic E-state index is 9.16. The molecule has 0 amide bonds. The van der Waals surface area contributed by atoms with Gasteiger partial charge in [0.1, 0.15) is 0 Å². The topological polar surface area (TPSA) is 40.5 Å². The van der Waals surface area contributed by atoms with Gasteiger partial charge in [-0.25, -0.2) is 0 Å². The van der Waals surface area contributed by atoms with Gasteiger partial charge in [-0.3, -0.25) is 0 Å². The molecule has 0 atom stereocenters. The Hall–Kier alpha value is -0.545. The van der Waals surface area contributed by atoms with Gasteiger partial charge >= 0.3 is 7.12 Å². The number of aryl methyl sites for hydroxylation is 1. The molecule has 2 rings (SSSR count). The molecule has 0 fully saturated rings. The summed E-state index contributed by atoms with van der Waals surface area (Å²) in [4.78, 5) is 0. The van der Waals surface area contributed by atoms with Crippen LogP contribution in [0.5, 0.6) is 0 Å². The SMILES string of the molecule is Cc1ccc2sc(Cl)c(B(O)O)c2c1. The number of hydrogen-bond acceptors (Lipinski definition) is 3. The van der Waals surface area contributed by atoms with Crippen LogP contribution in [0.2, 0.25) is 4.34 Å². The standard InChI is InChI=1S/C9H8BClO2S/c1-5-2-3-7-6(4-5)8(10(12)13)9(11)14-7/h2-4,12-13H,1H3. The average molecular weight is 226 g/mol. The first-order chi connectivity index (χ1) is 6.59. The van der Waals surface area contributed by atoms with E-state index in [1.807, 2.05) is 25.1 Å². The third-order valence-corrected chi connectivity index (χ3v) is 3.50. The third kappa shape index (κ3) is 1.55. The first kappa shape index (κ1) is 9.99. The van der Waals surface area contributed by atoms with Gasteiger partial charge in [0.05, 0.1) is 4.34 Å². The lowest BCUT2D eigenvalue weighted by Gasteiger charge is -1.98. The van der Waals surface area contributed by atoms with Gasteiger partial charge < -0.3 is 10.0 Å². The smallest absolute Gasteiger partial charge is 0.423 e. The average Bonchev–Trinajstić information content (AvgIpc) is 2.40. The summed E-state index contributed by atoms with van der Waals surface area (Å²) < 4.78 is 1.42. The lowest BCUT2D eigenvalue weighted by Crippen LogP contribution is -2.29. The molecule has 0 radical (unpaired) electrons. The summed E-state index contributed by atoms with van der Waals surface area (Å²) in [7, 11) is -1.50. The molecular formula is C9H8BClO2S. The number of hydrogen-bond donors (Lipinski definition) is 2. The summed E-state index contributed by atoms with van der Waals surface area (Å²) in [6.45, 7) is 1.96. The predicted octanol–water partition coefficient (Wildman–Crippen LogP) is 1.54. The van der Waals surface area contributed by atoms with Crippen molar-refractivity contribution >= 4 is 45.6 Å². The minimum atomic E-state index is -1.50. The van der Waals surface area contributed by atoms with E-state index in [-0.39, 0.29) is 0 Å². The molecule has 0 saturated carbocycles. The molecule has 1 aromatic carbocycles. The number of rotatable bonds is 1. The van der Waals surface area contributed by atoms with E-state index in [1.165, 1.54) is 11.3 Å². The zero-order valence-corrected chi connectivity index (χ0v) is 9.06. The lowest BCUT2D eigenvalue weighted by molar-refractivity contribution is 0.426. The van der Waals surface area contributed by atoms with E-state index in [4.69, 9.17) is 21.6 Å². The maximum Gasteiger partial charge on any atom is 0.491 e. The predicted molar refractivity (Wildman–Crippen MR) is 61.4 cm³/mol. The van der Waals surface area contributed by atoms with Gasteiger partial charge in [-0.2, -0.15) is 0 Å². The van der Waals surface area contributed by atoms with Crippen LogP contribution < -0.4 is 5.46 Å². The Morgan fingerprint density at radius 2 is 2.07 bits per heavy atom. The van der Waals surface area contributed by atoms with Gasteiger partial charge in [-0.05, 0) is 18.4 Å². The summed E-state index contributed by atoms with van der Waals surface area (Å²) in [5.74, 6) is 0. The highest BCUT2D eigenvalue weighted by molar-refractivity contribution is 7.24. The highest BCUT2D eigenvalue weighted by Gasteiger charge is 2.21. The summed E-state index contributed by atoms with van der Waals surface area (Å²) in [5, 5.41) is 19.1. The van der Waals surface area contributed by atoms with Crippen LogP contribution in [0.3, 0.4) is 0 Å². The van der Waals surface area contributed by atoms with Crippen molar-refractivity contribution < 1.29 is 10.0 Å². The van der Waals surface area contributed by atoms with Gasteiger partial charge in [0.2, 0.25) is 0 Å². The molecule has 2 nitrogen and oxygen atoms in total. The third-order valence-electron chi connectivity index (χ3n) is 2.09. The highest BCUT2D eigenvalue weighted by atomic mass is 35.5. The van der Waals surface area contributed by atoms with Crippen LogP contribution in [0, 0.1) is 6.92 Å². The van der Waals surface area contributed by atoms with Crippen molar-refractivity contribution in [3.8, 4) is 0 Å². The van der Waals surface area contributed by atoms with E-state index in [9.17, 15) is 0 Å². The maximum absolute atomic E-state index is 9.16. The number of fused-ring (bicyclic) bond motifs is 1. The van der Waals surface area contributed by atoms with Crippen LogP contribution in [0.15, 0.2) is 18.2 Å². The molecule has 2 N–H and O–H groups in total. The van der Waals surface area contributed by atoms with Crippen LogP contribution in [0.1, 0.15) is 5.56 Å². The van der Waals surface area contributed by atoms with Crippen LogP contribution in [-0.2, 0) is 0 Å². The monoisotopic (exact) mass is 226 g/mol. The van der Waals surface area contributed by atoms with Crippen LogP contribution in [-0.4, -0.2) is 17.2 Å². The fourth-order valence-corrected chi connectivity index (χ4v) is 2.82. The first-order valence-electron chi connectivity index (χ1n) is 4.14. The molecule has 5 heteroatoms. The molecule has 2 aromatic rings. The lowest BCUT2D eigenvalue weighted by atomic mass is 9.80. The minimum absolute atomic E-state index is 0.412. The summed E-state index contributed by atoms with van der Waals surface area (Å²) >= 11 is 7.27. The molecule has 14 heavy (non-hydrogen) atoms. The second kappa shape index (κ2) is 3.55. The van der Waals surface area contributed by atoms with E-state index < -0.39 is 7.12 Å². The van der Waals surface area contributed by atoms with Crippen molar-refractivity contribution in [3.05, 3.63) is 28.1 Å². The molecule has 0 aliphatic carbocycles. The fourth-order valence-electron chi connectivity index (χ4n) is 1.44. The van der Waals surface area contributed by atoms with Crippen molar-refractivity contribution in [1.82, 2.24) is 0 Å². The molecule has 0 aliphatic rings. The Morgan fingerprint density at radius 1 is 1.36 bits per heavy atom. The van der Waals surface area contributed by atoms with E-state index in [0.29, 0.717) is 9.80 Å². The van der Waals surface area contributed by atoms with Gasteiger partial charge in [-0.15, -0.1) is 11.3 Å². The van der Waals surface area contributed by atoms with Gasteiger partial charge in [0, 0.05) is 10.2 Å². The van der Waals surface area contributed by atoms with Crippen molar-refractivity contribution in [1.29, 1.82) is 0 Å². The summed E-state index contributed by atoms with van der Waals surface area (Å²) in [5.41, 5.74) is 1.49. The van der Waals surface area contributed by atoms with Gasteiger partial charge in [0.15, 0.2) is 0 Å². The van der Waals surface area contributed by atoms with Crippen molar-refractivity contribution in [2.45, 2.75) is 6.92 Å². The second-order valence-corrected chi connectivity index (χ2v) is 4.82. The van der Waals surface area contributed by atoms with E-state index in [1.54, 1.807) is 0 Å². The van der Waals surface area contributed by atoms with E-state index >= 15 is 0 Å². The molecule has 0 spiro atoms. The molecule has 0 saturated heterocycles. The number of benzene rings is 1. The Balaban J connectivity index is 2.79. The molecule has 0 unspecified atom stereocenters. The highest BCUT2D eigenvalue weighted by Crippen LogP contribution is 2.28. The van der Waals surface area contributed by atoms with Crippen molar-refractivity contribution in [3.63, 3.8) is 0 Å². The zero-order valence-electron chi connectivity index (χ0n) is 7.49. The van der Waals surface area contributed by atoms with Gasteiger partial charge in [-0.1, -0.05) is 29.3 Å². The van der Waals surface area contributed by atoms with Crippen LogP contribution in [0.25, 0.3) is 10.1 Å². The second-order valence-electron chi connectivity index (χ2n) is 3.16. The molecule has 0 bridgehead atoms. The fraction of sp³-hybridized carbons (Fsp3) is 0.111. The van der Waals surface area contributed by atoms with Crippen molar-refractivity contribution in [2.24, 2.45) is 0 Å². The Labute approximate surface area is 90.9 Å². The van der Waals surface area contributed by atoms with E-state index in [0.717, 1.165) is 15.6 Å². The molecule has 0 aliphatic heterocycles. The van der Waals surface area contributed by atoms with Crippen LogP contribution in [0.4, 0.5) is 0 Å². The van der Waals surface area contributed by atoms with Crippen molar-refractivity contribution in [2.75, 3.05) is 0 Å². The molecule has 1 heterocycles. The zero-order chi connectivity index (χ0) is 10.3. The number of halogens is 1. The Morgan fingerprint density at radius 3 is 2.71 bits per heavy atom. The summed E-state index contributed by atoms with van der Waals surface area (Å²) in [6, 6.07) is 5.82. The normalized spacial score (nSPS) is 10.9. The quantitative estimate of drug-likeness (QED) is 0.724. The molecular weight excluding hydrogens is 218 g/mol. The van der Waals surface area contributed by atoms with E-state index in [2.05, 4.69) is 0 Å². The molecule has 1 aromatic heterocycles. The summed E-state index contributed by atoms with van der Waals surface area (Å²) in [6.07, 6.45) is 0. The molecule has 72 valence electrons. The number of thiophene rings is 1. The Kier molecular flexibility index (Phi) is 2.53. The van der Waals surface area contributed by atoms with Crippen LogP contribution >= 0.6 is 22.9 Å². The van der Waals surface area contributed by atoms with Gasteiger partial charge in [0.25, 0.3) is 0 Å². The largest absolute Gasteiger partial charge is 0.491 e. The minimum Gasteiger partial charge on any atom is -0.423 e. The first-order valence-corrected chi connectivity index (χ1v) is 5.33. The Bertz CT molecular complexity index is 481.